The predicted molar refractivity (Wildman–Crippen MR) is 70.2 cm³/mol. The molecule has 0 aromatic carbocycles. The fourth-order valence-electron chi connectivity index (χ4n) is 1.78. The third-order valence-corrected chi connectivity index (χ3v) is 4.24. The van der Waals surface area contributed by atoms with Crippen LogP contribution in [0.3, 0.4) is 0 Å². The summed E-state index contributed by atoms with van der Waals surface area (Å²) >= 11 is 0. The van der Waals surface area contributed by atoms with Gasteiger partial charge in [0.25, 0.3) is 10.0 Å². The Balaban J connectivity index is 2.38. The molecule has 7 nitrogen and oxygen atoms in total. The van der Waals surface area contributed by atoms with Crippen molar-refractivity contribution >= 4 is 15.7 Å². The van der Waals surface area contributed by atoms with Gasteiger partial charge < -0.3 is 9.67 Å². The quantitative estimate of drug-likeness (QED) is 0.767. The highest BCUT2D eigenvalue weighted by atomic mass is 32.2. The van der Waals surface area contributed by atoms with Gasteiger partial charge in [0.1, 0.15) is 4.90 Å². The molecule has 0 saturated heterocycles. The summed E-state index contributed by atoms with van der Waals surface area (Å²) in [6.45, 7) is 3.24. The Kier molecular flexibility index (Phi) is 3.38. The van der Waals surface area contributed by atoms with Crippen LogP contribution in [0.25, 0.3) is 0 Å². The summed E-state index contributed by atoms with van der Waals surface area (Å²) in [4.78, 5) is 0.110. The SMILES string of the molecule is Cc1n[nH]c(C)c1NS(=O)(=O)c1cc(CO)n(C)c1. The van der Waals surface area contributed by atoms with E-state index in [0.29, 0.717) is 22.8 Å². The third-order valence-electron chi connectivity index (χ3n) is 2.92. The fourth-order valence-corrected chi connectivity index (χ4v) is 3.05. The van der Waals surface area contributed by atoms with Crippen LogP contribution in [-0.4, -0.2) is 28.3 Å². The number of rotatable bonds is 4. The monoisotopic (exact) mass is 284 g/mol. The molecule has 19 heavy (non-hydrogen) atoms. The van der Waals surface area contributed by atoms with Crippen LogP contribution in [0.15, 0.2) is 17.2 Å². The first kappa shape index (κ1) is 13.6. The molecule has 0 aliphatic rings. The summed E-state index contributed by atoms with van der Waals surface area (Å²) in [5.74, 6) is 0. The number of aromatic nitrogens is 3. The Morgan fingerprint density at radius 3 is 2.63 bits per heavy atom. The average Bonchev–Trinajstić information content (AvgIpc) is 2.87. The van der Waals surface area contributed by atoms with Crippen molar-refractivity contribution in [3.05, 3.63) is 29.3 Å². The van der Waals surface area contributed by atoms with Crippen LogP contribution in [0.2, 0.25) is 0 Å². The third kappa shape index (κ3) is 2.49. The fraction of sp³-hybridized carbons (Fsp3) is 0.364. The van der Waals surface area contributed by atoms with Crippen LogP contribution < -0.4 is 4.72 Å². The number of hydrogen-bond acceptors (Lipinski definition) is 4. The Hall–Kier alpha value is -1.80. The van der Waals surface area contributed by atoms with Crippen LogP contribution in [0, 0.1) is 13.8 Å². The van der Waals surface area contributed by atoms with Gasteiger partial charge in [-0.3, -0.25) is 9.82 Å². The first-order valence-electron chi connectivity index (χ1n) is 5.65. The molecule has 0 aliphatic heterocycles. The maximum Gasteiger partial charge on any atom is 0.263 e. The van der Waals surface area contributed by atoms with Gasteiger partial charge in [0.15, 0.2) is 0 Å². The molecule has 0 fully saturated rings. The van der Waals surface area contributed by atoms with Crippen LogP contribution in [0.1, 0.15) is 17.1 Å². The number of H-pyrrole nitrogens is 1. The van der Waals surface area contributed by atoms with Crippen molar-refractivity contribution in [3.63, 3.8) is 0 Å². The van der Waals surface area contributed by atoms with Crippen molar-refractivity contribution in [1.82, 2.24) is 14.8 Å². The van der Waals surface area contributed by atoms with Crippen LogP contribution >= 0.6 is 0 Å². The predicted octanol–water partition coefficient (Wildman–Crippen LogP) is 0.658. The molecule has 0 saturated carbocycles. The number of nitrogens with one attached hydrogen (secondary N) is 2. The van der Waals surface area contributed by atoms with Gasteiger partial charge in [0, 0.05) is 18.9 Å². The van der Waals surface area contributed by atoms with Crippen molar-refractivity contribution in [2.24, 2.45) is 7.05 Å². The smallest absolute Gasteiger partial charge is 0.263 e. The number of hydrogen-bond donors (Lipinski definition) is 3. The van der Waals surface area contributed by atoms with Gasteiger partial charge in [0.05, 0.1) is 23.7 Å². The summed E-state index contributed by atoms with van der Waals surface area (Å²) < 4.78 is 28.5. The average molecular weight is 284 g/mol. The highest BCUT2D eigenvalue weighted by Gasteiger charge is 2.20. The molecule has 0 bridgehead atoms. The lowest BCUT2D eigenvalue weighted by Gasteiger charge is -2.06. The first-order valence-corrected chi connectivity index (χ1v) is 7.14. The van der Waals surface area contributed by atoms with E-state index in [9.17, 15) is 8.42 Å². The highest BCUT2D eigenvalue weighted by Crippen LogP contribution is 2.22. The molecule has 2 aromatic heterocycles. The molecule has 2 aromatic rings. The molecule has 0 unspecified atom stereocenters. The van der Waals surface area contributed by atoms with Gasteiger partial charge in [0.2, 0.25) is 0 Å². The van der Waals surface area contributed by atoms with E-state index in [4.69, 9.17) is 5.11 Å². The Bertz CT molecular complexity index is 680. The normalized spacial score (nSPS) is 11.8. The minimum Gasteiger partial charge on any atom is -0.390 e. The van der Waals surface area contributed by atoms with E-state index in [1.807, 2.05) is 0 Å². The summed E-state index contributed by atoms with van der Waals surface area (Å²) in [6, 6.07) is 1.44. The Morgan fingerprint density at radius 2 is 2.16 bits per heavy atom. The van der Waals surface area contributed by atoms with Gasteiger partial charge in [-0.2, -0.15) is 5.10 Å². The lowest BCUT2D eigenvalue weighted by Crippen LogP contribution is -2.13. The van der Waals surface area contributed by atoms with Crippen LogP contribution in [-0.2, 0) is 23.7 Å². The molecule has 0 radical (unpaired) electrons. The second-order valence-electron chi connectivity index (χ2n) is 4.35. The van der Waals surface area contributed by atoms with Gasteiger partial charge >= 0.3 is 0 Å². The second-order valence-corrected chi connectivity index (χ2v) is 6.03. The maximum atomic E-state index is 12.2. The minimum atomic E-state index is -3.68. The Morgan fingerprint density at radius 1 is 1.47 bits per heavy atom. The van der Waals surface area contributed by atoms with Crippen molar-refractivity contribution in [2.75, 3.05) is 4.72 Å². The van der Waals surface area contributed by atoms with E-state index >= 15 is 0 Å². The lowest BCUT2D eigenvalue weighted by atomic mass is 10.3. The topological polar surface area (TPSA) is 100 Å². The number of aliphatic hydroxyl groups is 1. The van der Waals surface area contributed by atoms with Gasteiger partial charge in [-0.25, -0.2) is 8.42 Å². The molecule has 3 N–H and O–H groups in total. The summed E-state index contributed by atoms with van der Waals surface area (Å²) in [5.41, 5.74) is 2.22. The molecule has 8 heteroatoms. The zero-order chi connectivity index (χ0) is 14.2. The van der Waals surface area contributed by atoms with Gasteiger partial charge in [-0.15, -0.1) is 0 Å². The molecular formula is C11H16N4O3S. The van der Waals surface area contributed by atoms with Crippen LogP contribution in [0.4, 0.5) is 5.69 Å². The number of anilines is 1. The van der Waals surface area contributed by atoms with E-state index in [1.165, 1.54) is 12.3 Å². The highest BCUT2D eigenvalue weighted by molar-refractivity contribution is 7.92. The van der Waals surface area contributed by atoms with E-state index in [2.05, 4.69) is 14.9 Å². The second kappa shape index (κ2) is 4.71. The first-order chi connectivity index (χ1) is 8.85. The van der Waals surface area contributed by atoms with E-state index in [0.717, 1.165) is 0 Å². The molecule has 0 amide bonds. The standard InChI is InChI=1S/C11H16N4O3S/c1-7-11(8(2)13-12-7)14-19(17,18)10-4-9(6-16)15(3)5-10/h4-5,14,16H,6H2,1-3H3,(H,12,13). The molecule has 0 spiro atoms. The van der Waals surface area contributed by atoms with Crippen molar-refractivity contribution in [1.29, 1.82) is 0 Å². The molecule has 2 heterocycles. The van der Waals surface area contributed by atoms with E-state index in [-0.39, 0.29) is 11.5 Å². The summed E-state index contributed by atoms with van der Waals surface area (Å²) in [6.07, 6.45) is 1.46. The molecule has 2 rings (SSSR count). The number of nitrogens with zero attached hydrogens (tertiary/aromatic N) is 2. The van der Waals surface area contributed by atoms with E-state index in [1.54, 1.807) is 25.5 Å². The number of aromatic amines is 1. The van der Waals surface area contributed by atoms with E-state index < -0.39 is 10.0 Å². The van der Waals surface area contributed by atoms with Crippen molar-refractivity contribution in [3.8, 4) is 0 Å². The number of aryl methyl sites for hydroxylation is 3. The van der Waals surface area contributed by atoms with Crippen LogP contribution in [0.5, 0.6) is 0 Å². The molecular weight excluding hydrogens is 268 g/mol. The summed E-state index contributed by atoms with van der Waals surface area (Å²) in [5, 5.41) is 15.7. The number of sulfonamides is 1. The largest absolute Gasteiger partial charge is 0.390 e. The maximum absolute atomic E-state index is 12.2. The van der Waals surface area contributed by atoms with Gasteiger partial charge in [-0.05, 0) is 19.9 Å². The number of aliphatic hydroxyl groups excluding tert-OH is 1. The minimum absolute atomic E-state index is 0.110. The van der Waals surface area contributed by atoms with Crippen molar-refractivity contribution < 1.29 is 13.5 Å². The molecule has 104 valence electrons. The Labute approximate surface area is 111 Å². The van der Waals surface area contributed by atoms with Gasteiger partial charge in [-0.1, -0.05) is 0 Å². The molecule has 0 aliphatic carbocycles. The lowest BCUT2D eigenvalue weighted by molar-refractivity contribution is 0.272. The zero-order valence-corrected chi connectivity index (χ0v) is 11.7. The molecule has 0 atom stereocenters. The zero-order valence-electron chi connectivity index (χ0n) is 10.9. The summed E-state index contributed by atoms with van der Waals surface area (Å²) in [7, 11) is -2.00. The van der Waals surface area contributed by atoms with Crippen molar-refractivity contribution in [2.45, 2.75) is 25.3 Å².